The Labute approximate surface area is 92.9 Å². The average Bonchev–Trinajstić information content (AvgIpc) is 2.61. The van der Waals surface area contributed by atoms with E-state index in [1.165, 1.54) is 18.7 Å². The molecule has 0 aromatic carbocycles. The van der Waals surface area contributed by atoms with E-state index in [4.69, 9.17) is 0 Å². The standard InChI is InChI=1S/C12H23N3/c1-4-9-15-10-8-14-12(15)6-5-7-13-11(2)3/h8,10-11,13H,4-7,9H2,1-3H3. The molecule has 0 amide bonds. The Bertz CT molecular complexity index is 266. The first kappa shape index (κ1) is 12.2. The number of rotatable bonds is 7. The topological polar surface area (TPSA) is 29.9 Å². The molecule has 1 aromatic heterocycles. The zero-order valence-corrected chi connectivity index (χ0v) is 10.2. The van der Waals surface area contributed by atoms with Crippen molar-refractivity contribution in [2.75, 3.05) is 6.54 Å². The first-order chi connectivity index (χ1) is 7.24. The van der Waals surface area contributed by atoms with Crippen LogP contribution in [0.1, 0.15) is 39.4 Å². The van der Waals surface area contributed by atoms with Gasteiger partial charge in [-0.2, -0.15) is 0 Å². The van der Waals surface area contributed by atoms with Crippen LogP contribution in [-0.2, 0) is 13.0 Å². The normalized spacial score (nSPS) is 11.2. The third kappa shape index (κ3) is 4.47. The number of imidazole rings is 1. The number of nitrogens with one attached hydrogen (secondary N) is 1. The van der Waals surface area contributed by atoms with E-state index in [1.807, 2.05) is 6.20 Å². The second-order valence-electron chi connectivity index (χ2n) is 4.25. The monoisotopic (exact) mass is 209 g/mol. The summed E-state index contributed by atoms with van der Waals surface area (Å²) >= 11 is 0. The van der Waals surface area contributed by atoms with Crippen LogP contribution in [0, 0.1) is 0 Å². The quantitative estimate of drug-likeness (QED) is 0.698. The molecule has 0 radical (unpaired) electrons. The molecule has 1 heterocycles. The van der Waals surface area contributed by atoms with Gasteiger partial charge in [0, 0.05) is 31.4 Å². The summed E-state index contributed by atoms with van der Waals surface area (Å²) in [7, 11) is 0. The predicted molar refractivity (Wildman–Crippen MR) is 64.0 cm³/mol. The van der Waals surface area contributed by atoms with Crippen molar-refractivity contribution < 1.29 is 0 Å². The van der Waals surface area contributed by atoms with Gasteiger partial charge < -0.3 is 9.88 Å². The molecular formula is C12H23N3. The van der Waals surface area contributed by atoms with Gasteiger partial charge in [-0.1, -0.05) is 20.8 Å². The molecule has 0 unspecified atom stereocenters. The van der Waals surface area contributed by atoms with E-state index in [0.29, 0.717) is 6.04 Å². The molecule has 0 spiro atoms. The lowest BCUT2D eigenvalue weighted by Crippen LogP contribution is -2.24. The fraction of sp³-hybridized carbons (Fsp3) is 0.750. The maximum atomic E-state index is 4.39. The maximum absolute atomic E-state index is 4.39. The molecule has 0 aliphatic rings. The summed E-state index contributed by atoms with van der Waals surface area (Å²) in [5.74, 6) is 1.22. The van der Waals surface area contributed by atoms with Crippen LogP contribution >= 0.6 is 0 Å². The van der Waals surface area contributed by atoms with E-state index in [9.17, 15) is 0 Å². The van der Waals surface area contributed by atoms with Gasteiger partial charge in [0.05, 0.1) is 0 Å². The van der Waals surface area contributed by atoms with E-state index in [-0.39, 0.29) is 0 Å². The molecule has 1 rings (SSSR count). The van der Waals surface area contributed by atoms with Gasteiger partial charge in [0.2, 0.25) is 0 Å². The molecule has 1 N–H and O–H groups in total. The molecule has 1 aromatic rings. The highest BCUT2D eigenvalue weighted by atomic mass is 15.1. The third-order valence-corrected chi connectivity index (χ3v) is 2.40. The van der Waals surface area contributed by atoms with E-state index >= 15 is 0 Å². The Morgan fingerprint density at radius 2 is 2.27 bits per heavy atom. The SMILES string of the molecule is CCCn1ccnc1CCCNC(C)C. The Morgan fingerprint density at radius 3 is 2.93 bits per heavy atom. The van der Waals surface area contributed by atoms with Crippen LogP contribution in [0.2, 0.25) is 0 Å². The van der Waals surface area contributed by atoms with E-state index in [2.05, 4.69) is 41.8 Å². The lowest BCUT2D eigenvalue weighted by molar-refractivity contribution is 0.554. The summed E-state index contributed by atoms with van der Waals surface area (Å²) in [4.78, 5) is 4.39. The second-order valence-corrected chi connectivity index (χ2v) is 4.25. The largest absolute Gasteiger partial charge is 0.335 e. The zero-order valence-electron chi connectivity index (χ0n) is 10.2. The average molecular weight is 209 g/mol. The van der Waals surface area contributed by atoms with Gasteiger partial charge in [-0.25, -0.2) is 4.98 Å². The Balaban J connectivity index is 2.27. The molecule has 86 valence electrons. The van der Waals surface area contributed by atoms with Crippen molar-refractivity contribution in [3.8, 4) is 0 Å². The Kier molecular flexibility index (Phi) is 5.40. The summed E-state index contributed by atoms with van der Waals surface area (Å²) in [5, 5.41) is 3.42. The Morgan fingerprint density at radius 1 is 1.47 bits per heavy atom. The minimum atomic E-state index is 0.584. The van der Waals surface area contributed by atoms with Gasteiger partial charge in [0.15, 0.2) is 0 Å². The van der Waals surface area contributed by atoms with Crippen molar-refractivity contribution in [3.05, 3.63) is 18.2 Å². The number of aromatic nitrogens is 2. The molecule has 0 bridgehead atoms. The van der Waals surface area contributed by atoms with E-state index in [1.54, 1.807) is 0 Å². The van der Waals surface area contributed by atoms with Gasteiger partial charge in [-0.15, -0.1) is 0 Å². The van der Waals surface area contributed by atoms with Gasteiger partial charge in [0.1, 0.15) is 5.82 Å². The van der Waals surface area contributed by atoms with Crippen molar-refractivity contribution in [2.24, 2.45) is 0 Å². The molecule has 0 saturated carbocycles. The highest BCUT2D eigenvalue weighted by Gasteiger charge is 2.01. The molecule has 0 aliphatic carbocycles. The van der Waals surface area contributed by atoms with E-state index < -0.39 is 0 Å². The highest BCUT2D eigenvalue weighted by Crippen LogP contribution is 2.02. The van der Waals surface area contributed by atoms with Crippen LogP contribution in [0.4, 0.5) is 0 Å². The van der Waals surface area contributed by atoms with Crippen molar-refractivity contribution in [1.29, 1.82) is 0 Å². The van der Waals surface area contributed by atoms with E-state index in [0.717, 1.165) is 19.5 Å². The van der Waals surface area contributed by atoms with Gasteiger partial charge >= 0.3 is 0 Å². The molecule has 0 atom stereocenters. The molecule has 15 heavy (non-hydrogen) atoms. The van der Waals surface area contributed by atoms with Gasteiger partial charge in [0.25, 0.3) is 0 Å². The number of nitrogens with zero attached hydrogens (tertiary/aromatic N) is 2. The van der Waals surface area contributed by atoms with Crippen molar-refractivity contribution in [2.45, 2.75) is 52.6 Å². The summed E-state index contributed by atoms with van der Waals surface area (Å²) in [6.45, 7) is 8.73. The summed E-state index contributed by atoms with van der Waals surface area (Å²) in [6, 6.07) is 0.584. The van der Waals surface area contributed by atoms with Crippen molar-refractivity contribution in [1.82, 2.24) is 14.9 Å². The lowest BCUT2D eigenvalue weighted by atomic mass is 10.2. The minimum Gasteiger partial charge on any atom is -0.335 e. The summed E-state index contributed by atoms with van der Waals surface area (Å²) < 4.78 is 2.26. The zero-order chi connectivity index (χ0) is 11.1. The van der Waals surface area contributed by atoms with Crippen LogP contribution < -0.4 is 5.32 Å². The number of hydrogen-bond acceptors (Lipinski definition) is 2. The number of hydrogen-bond donors (Lipinski definition) is 1. The Hall–Kier alpha value is -0.830. The smallest absolute Gasteiger partial charge is 0.108 e. The summed E-state index contributed by atoms with van der Waals surface area (Å²) in [5.41, 5.74) is 0. The maximum Gasteiger partial charge on any atom is 0.108 e. The van der Waals surface area contributed by atoms with Gasteiger partial charge in [-0.05, 0) is 19.4 Å². The molecule has 3 heteroatoms. The number of aryl methyl sites for hydroxylation is 2. The predicted octanol–water partition coefficient (Wildman–Crippen LogP) is 2.22. The molecular weight excluding hydrogens is 186 g/mol. The molecule has 0 aliphatic heterocycles. The highest BCUT2D eigenvalue weighted by molar-refractivity contribution is 4.92. The third-order valence-electron chi connectivity index (χ3n) is 2.40. The second kappa shape index (κ2) is 6.62. The first-order valence-electron chi connectivity index (χ1n) is 5.97. The van der Waals surface area contributed by atoms with Crippen molar-refractivity contribution >= 4 is 0 Å². The lowest BCUT2D eigenvalue weighted by Gasteiger charge is -2.08. The fourth-order valence-electron chi connectivity index (χ4n) is 1.65. The van der Waals surface area contributed by atoms with Crippen LogP contribution in [-0.4, -0.2) is 22.1 Å². The van der Waals surface area contributed by atoms with Crippen LogP contribution in [0.15, 0.2) is 12.4 Å². The fourth-order valence-corrected chi connectivity index (χ4v) is 1.65. The molecule has 0 saturated heterocycles. The van der Waals surface area contributed by atoms with Gasteiger partial charge in [-0.3, -0.25) is 0 Å². The van der Waals surface area contributed by atoms with Crippen molar-refractivity contribution in [3.63, 3.8) is 0 Å². The molecule has 3 nitrogen and oxygen atoms in total. The van der Waals surface area contributed by atoms with Crippen LogP contribution in [0.25, 0.3) is 0 Å². The first-order valence-corrected chi connectivity index (χ1v) is 5.97. The minimum absolute atomic E-state index is 0.584. The van der Waals surface area contributed by atoms with Crippen LogP contribution in [0.5, 0.6) is 0 Å². The summed E-state index contributed by atoms with van der Waals surface area (Å²) in [6.07, 6.45) is 7.40. The van der Waals surface area contributed by atoms with Crippen LogP contribution in [0.3, 0.4) is 0 Å². The molecule has 0 fully saturated rings.